The molecule has 2 fully saturated rings. The van der Waals surface area contributed by atoms with Crippen molar-refractivity contribution in [3.8, 4) is 0 Å². The number of piperidine rings is 2. The fourth-order valence-corrected chi connectivity index (χ4v) is 12.7. The number of nitrogens with two attached hydrogens (primary N) is 2. The van der Waals surface area contributed by atoms with Crippen molar-refractivity contribution >= 4 is 17.8 Å². The number of likely N-dealkylation sites (tertiary alicyclic amines) is 2. The zero-order chi connectivity index (χ0) is 46.4. The van der Waals surface area contributed by atoms with Crippen LogP contribution in [0.15, 0.2) is 0 Å². The van der Waals surface area contributed by atoms with Crippen molar-refractivity contribution in [1.82, 2.24) is 24.8 Å². The molecule has 0 aliphatic carbocycles. The number of rotatable bonds is 23. The number of unbranched alkanes of at least 4 members (excludes halogenated alkanes) is 8. The topological polar surface area (TPSA) is 116 Å². The van der Waals surface area contributed by atoms with Gasteiger partial charge in [-0.3, -0.25) is 9.80 Å². The highest BCUT2D eigenvalue weighted by Crippen LogP contribution is 2.46. The molecule has 10 heteroatoms. The first kappa shape index (κ1) is 53.6. The smallest absolute Gasteiger partial charge is 0.231 e. The van der Waals surface area contributed by atoms with Crippen LogP contribution in [0.4, 0.5) is 17.8 Å². The summed E-state index contributed by atoms with van der Waals surface area (Å²) in [7, 11) is 4.43. The van der Waals surface area contributed by atoms with E-state index < -0.39 is 0 Å². The van der Waals surface area contributed by atoms with Crippen LogP contribution in [0.1, 0.15) is 227 Å². The van der Waals surface area contributed by atoms with E-state index in [1.54, 1.807) is 0 Å². The van der Waals surface area contributed by atoms with Gasteiger partial charge in [-0.25, -0.2) is 0 Å². The van der Waals surface area contributed by atoms with Gasteiger partial charge in [-0.05, 0) is 133 Å². The van der Waals surface area contributed by atoms with Crippen molar-refractivity contribution in [2.75, 3.05) is 29.2 Å². The van der Waals surface area contributed by atoms with Crippen molar-refractivity contribution in [3.63, 3.8) is 0 Å². The van der Waals surface area contributed by atoms with Crippen LogP contribution >= 0.6 is 0 Å². The summed E-state index contributed by atoms with van der Waals surface area (Å²) >= 11 is 0. The maximum atomic E-state index is 6.85. The minimum Gasteiger partial charge on any atom is -0.349 e. The largest absolute Gasteiger partial charge is 0.349 e. The van der Waals surface area contributed by atoms with E-state index in [1.807, 2.05) is 0 Å². The fraction of sp³-hybridized carbons (Fsp3) is 0.941. The van der Waals surface area contributed by atoms with E-state index in [-0.39, 0.29) is 57.3 Å². The normalized spacial score (nSPS) is 22.1. The monoisotopic (exact) mass is 855 g/mol. The molecule has 4 atom stereocenters. The molecule has 356 valence electrons. The summed E-state index contributed by atoms with van der Waals surface area (Å²) < 4.78 is 0. The van der Waals surface area contributed by atoms with Gasteiger partial charge < -0.3 is 26.6 Å². The average molecular weight is 855 g/mol. The van der Waals surface area contributed by atoms with Crippen LogP contribution in [0.5, 0.6) is 0 Å². The first-order valence-electron chi connectivity index (χ1n) is 25.1. The summed E-state index contributed by atoms with van der Waals surface area (Å²) in [5.41, 5.74) is 13.4. The Labute approximate surface area is 378 Å². The number of anilines is 3. The number of aromatic nitrogens is 3. The molecule has 2 saturated heterocycles. The molecule has 4 unspecified atom stereocenters. The molecule has 10 nitrogen and oxygen atoms in total. The summed E-state index contributed by atoms with van der Waals surface area (Å²) in [6, 6.07) is 1.37. The van der Waals surface area contributed by atoms with Crippen LogP contribution in [0, 0.1) is 5.41 Å². The van der Waals surface area contributed by atoms with Gasteiger partial charge in [-0.2, -0.15) is 15.0 Å². The number of nitrogens with one attached hydrogen (secondary N) is 1. The zero-order valence-electron chi connectivity index (χ0n) is 43.8. The Morgan fingerprint density at radius 3 is 1.21 bits per heavy atom. The molecule has 0 bridgehead atoms. The minimum absolute atomic E-state index is 0.0651. The Kier molecular flexibility index (Phi) is 18.9. The van der Waals surface area contributed by atoms with Gasteiger partial charge in [0.25, 0.3) is 0 Å². The molecule has 0 radical (unpaired) electrons. The molecular formula is C51H102N10. The van der Waals surface area contributed by atoms with E-state index in [9.17, 15) is 0 Å². The molecule has 0 amide bonds. The van der Waals surface area contributed by atoms with E-state index in [0.29, 0.717) is 18.0 Å². The maximum Gasteiger partial charge on any atom is 0.231 e. The Morgan fingerprint density at radius 2 is 0.918 bits per heavy atom. The predicted molar refractivity (Wildman–Crippen MR) is 266 cm³/mol. The lowest BCUT2D eigenvalue weighted by molar-refractivity contribution is -0.0765. The highest BCUT2D eigenvalue weighted by atomic mass is 15.4. The predicted octanol–water partition coefficient (Wildman–Crippen LogP) is 11.6. The molecule has 61 heavy (non-hydrogen) atoms. The molecule has 2 aliphatic rings. The van der Waals surface area contributed by atoms with Gasteiger partial charge in [-0.1, -0.05) is 98.8 Å². The summed E-state index contributed by atoms with van der Waals surface area (Å²) in [4.78, 5) is 26.3. The van der Waals surface area contributed by atoms with Gasteiger partial charge in [0.1, 0.15) is 0 Å². The maximum absolute atomic E-state index is 6.85. The molecule has 0 spiro atoms. The first-order chi connectivity index (χ1) is 28.0. The van der Waals surface area contributed by atoms with Crippen molar-refractivity contribution in [2.24, 2.45) is 16.9 Å². The van der Waals surface area contributed by atoms with Gasteiger partial charge >= 0.3 is 0 Å². The van der Waals surface area contributed by atoms with Crippen LogP contribution in [-0.4, -0.2) is 103 Å². The van der Waals surface area contributed by atoms with Gasteiger partial charge in [0.15, 0.2) is 0 Å². The summed E-state index contributed by atoms with van der Waals surface area (Å²) in [5, 5.41) is 3.81. The summed E-state index contributed by atoms with van der Waals surface area (Å²) in [6.45, 7) is 40.0. The number of hydrogen-bond acceptors (Lipinski definition) is 10. The number of hydrogen-bond donors (Lipinski definition) is 3. The molecule has 2 aliphatic heterocycles. The third-order valence-corrected chi connectivity index (χ3v) is 14.4. The minimum atomic E-state index is -0.217. The van der Waals surface area contributed by atoms with E-state index in [2.05, 4.69) is 157 Å². The number of nitrogens with zero attached hydrogens (tertiary/aromatic N) is 7. The third kappa shape index (κ3) is 14.9. The van der Waals surface area contributed by atoms with Crippen molar-refractivity contribution < 1.29 is 0 Å². The molecule has 3 heterocycles. The Hall–Kier alpha value is -1.75. The molecule has 5 N–H and O–H groups in total. The molecule has 1 aromatic heterocycles. The Bertz CT molecular complexity index is 1330. The van der Waals surface area contributed by atoms with Crippen LogP contribution < -0.4 is 26.6 Å². The fourth-order valence-electron chi connectivity index (χ4n) is 12.7. The van der Waals surface area contributed by atoms with Gasteiger partial charge in [0, 0.05) is 78.0 Å². The Morgan fingerprint density at radius 1 is 0.590 bits per heavy atom. The van der Waals surface area contributed by atoms with Gasteiger partial charge in [0.2, 0.25) is 17.8 Å². The summed E-state index contributed by atoms with van der Waals surface area (Å²) in [6.07, 6.45) is 20.1. The second-order valence-electron chi connectivity index (χ2n) is 24.6. The Balaban J connectivity index is 2.01. The molecule has 1 aromatic rings. The van der Waals surface area contributed by atoms with E-state index in [4.69, 9.17) is 26.4 Å². The first-order valence-corrected chi connectivity index (χ1v) is 25.1. The van der Waals surface area contributed by atoms with Crippen LogP contribution in [0.25, 0.3) is 0 Å². The summed E-state index contributed by atoms with van der Waals surface area (Å²) in [5.74, 6) is 2.14. The lowest BCUT2D eigenvalue weighted by atomic mass is 9.74. The highest BCUT2D eigenvalue weighted by Gasteiger charge is 2.52. The second kappa shape index (κ2) is 21.5. The SMILES string of the molecule is CCCCCCCC(C(C)N)N1C(C)(C)CC(N(C)c2nc(NC(C)(C)CC(C)(C)C)nc(N(C)C3CC(C)(C)N(C(CCCCCCC)C(C)N)C(C)(C)C3)n2)CC1(C)C. The molecule has 0 aromatic carbocycles. The van der Waals surface area contributed by atoms with Crippen LogP contribution in [0.3, 0.4) is 0 Å². The lowest BCUT2D eigenvalue weighted by Crippen LogP contribution is -2.69. The quantitative estimate of drug-likeness (QED) is 0.0919. The average Bonchev–Trinajstić information content (AvgIpc) is 3.09. The second-order valence-corrected chi connectivity index (χ2v) is 24.6. The standard InChI is InChI=1S/C51H102N10/c1-20-22-24-26-28-30-41(37(3)52)60-48(10,11)32-39(33-49(60,12)13)58(18)44-54-43(57-47(8,9)36-46(5,6)7)55-45(56-44)59(19)40-34-50(14,15)61(51(16,17)35-40)42(38(4)53)31-29-27-25-23-21-2/h37-42H,20-36,52-53H2,1-19H3,(H,54,55,56,57). The lowest BCUT2D eigenvalue weighted by Gasteiger charge is -2.60. The molecular weight excluding hydrogens is 753 g/mol. The highest BCUT2D eigenvalue weighted by molar-refractivity contribution is 5.47. The van der Waals surface area contributed by atoms with E-state index in [0.717, 1.165) is 56.8 Å². The van der Waals surface area contributed by atoms with E-state index >= 15 is 0 Å². The van der Waals surface area contributed by atoms with Gasteiger partial charge in [0.05, 0.1) is 0 Å². The van der Waals surface area contributed by atoms with Crippen molar-refractivity contribution in [1.29, 1.82) is 0 Å². The van der Waals surface area contributed by atoms with Crippen molar-refractivity contribution in [2.45, 2.75) is 291 Å². The third-order valence-electron chi connectivity index (χ3n) is 14.4. The zero-order valence-corrected chi connectivity index (χ0v) is 43.8. The van der Waals surface area contributed by atoms with Crippen molar-refractivity contribution in [3.05, 3.63) is 0 Å². The molecule has 0 saturated carbocycles. The van der Waals surface area contributed by atoms with E-state index in [1.165, 1.54) is 64.2 Å². The molecule has 3 rings (SSSR count). The van der Waals surface area contributed by atoms with Gasteiger partial charge in [-0.15, -0.1) is 0 Å². The van der Waals surface area contributed by atoms with Crippen LogP contribution in [0.2, 0.25) is 0 Å². The van der Waals surface area contributed by atoms with Crippen LogP contribution in [-0.2, 0) is 0 Å².